The third-order valence-corrected chi connectivity index (χ3v) is 5.42. The lowest BCUT2D eigenvalue weighted by Gasteiger charge is -2.19. The normalized spacial score (nSPS) is 20.7. The summed E-state index contributed by atoms with van der Waals surface area (Å²) in [7, 11) is -3.07. The molecule has 0 saturated carbocycles. The van der Waals surface area contributed by atoms with Gasteiger partial charge in [0.2, 0.25) is 0 Å². The highest BCUT2D eigenvalue weighted by atomic mass is 32.2. The molecular formula is C15H20N2O5S. The fourth-order valence-corrected chi connectivity index (χ4v) is 4.08. The highest BCUT2D eigenvalue weighted by molar-refractivity contribution is 7.91. The number of primary amides is 1. The minimum Gasteiger partial charge on any atom is -0.480 e. The van der Waals surface area contributed by atoms with Gasteiger partial charge in [-0.3, -0.25) is 9.59 Å². The molecule has 2 rings (SSSR count). The van der Waals surface area contributed by atoms with Gasteiger partial charge in [0.05, 0.1) is 17.1 Å². The summed E-state index contributed by atoms with van der Waals surface area (Å²) >= 11 is 0. The number of sulfone groups is 1. The maximum absolute atomic E-state index is 12.1. The summed E-state index contributed by atoms with van der Waals surface area (Å²) in [5, 5.41) is 2.66. The van der Waals surface area contributed by atoms with Gasteiger partial charge < -0.3 is 15.8 Å². The summed E-state index contributed by atoms with van der Waals surface area (Å²) in [6.45, 7) is 3.36. The number of hydrogen-bond donors (Lipinski definition) is 2. The van der Waals surface area contributed by atoms with Crippen molar-refractivity contribution in [2.75, 3.05) is 11.5 Å². The van der Waals surface area contributed by atoms with Crippen LogP contribution < -0.4 is 15.8 Å². The molecule has 3 N–H and O–H groups in total. The smallest absolute Gasteiger partial charge is 0.261 e. The second-order valence-corrected chi connectivity index (χ2v) is 7.96. The van der Waals surface area contributed by atoms with Crippen LogP contribution in [0.15, 0.2) is 18.2 Å². The van der Waals surface area contributed by atoms with Crippen LogP contribution in [0.4, 0.5) is 0 Å². The minimum absolute atomic E-state index is 0.0531. The molecule has 2 atom stereocenters. The van der Waals surface area contributed by atoms with E-state index in [1.54, 1.807) is 18.2 Å². The van der Waals surface area contributed by atoms with Gasteiger partial charge in [0.25, 0.3) is 11.8 Å². The summed E-state index contributed by atoms with van der Waals surface area (Å²) in [4.78, 5) is 23.5. The molecule has 1 aromatic rings. The third-order valence-electron chi connectivity index (χ3n) is 3.65. The number of ether oxygens (including phenoxy) is 1. The molecule has 7 nitrogen and oxygen atoms in total. The van der Waals surface area contributed by atoms with Crippen LogP contribution in [0.3, 0.4) is 0 Å². The van der Waals surface area contributed by atoms with E-state index >= 15 is 0 Å². The van der Waals surface area contributed by atoms with Gasteiger partial charge in [-0.25, -0.2) is 8.42 Å². The molecule has 1 saturated heterocycles. The molecular weight excluding hydrogens is 320 g/mol. The Balaban J connectivity index is 2.04. The van der Waals surface area contributed by atoms with Crippen molar-refractivity contribution in [3.8, 4) is 5.75 Å². The molecule has 0 aliphatic carbocycles. The first-order valence-electron chi connectivity index (χ1n) is 7.26. The molecule has 1 fully saturated rings. The van der Waals surface area contributed by atoms with E-state index in [1.807, 2.05) is 6.92 Å². The zero-order valence-corrected chi connectivity index (χ0v) is 13.9. The van der Waals surface area contributed by atoms with E-state index in [-0.39, 0.29) is 22.8 Å². The highest BCUT2D eigenvalue weighted by Crippen LogP contribution is 2.21. The van der Waals surface area contributed by atoms with Crippen LogP contribution >= 0.6 is 0 Å². The van der Waals surface area contributed by atoms with Gasteiger partial charge in [-0.1, -0.05) is 6.07 Å². The van der Waals surface area contributed by atoms with Gasteiger partial charge in [0.1, 0.15) is 5.75 Å². The Morgan fingerprint density at radius 2 is 2.09 bits per heavy atom. The Labute approximate surface area is 135 Å². The first-order valence-corrected chi connectivity index (χ1v) is 9.08. The lowest BCUT2D eigenvalue weighted by atomic mass is 10.1. The maximum atomic E-state index is 12.1. The van der Waals surface area contributed by atoms with Crippen molar-refractivity contribution in [3.63, 3.8) is 0 Å². The molecule has 23 heavy (non-hydrogen) atoms. The van der Waals surface area contributed by atoms with Gasteiger partial charge in [-0.05, 0) is 38.0 Å². The Hall–Kier alpha value is -2.09. The van der Waals surface area contributed by atoms with Crippen LogP contribution in [-0.4, -0.2) is 43.9 Å². The summed E-state index contributed by atoms with van der Waals surface area (Å²) < 4.78 is 28.4. The molecule has 0 unspecified atom stereocenters. The Morgan fingerprint density at radius 1 is 1.39 bits per heavy atom. The minimum atomic E-state index is -3.07. The number of benzene rings is 1. The number of amides is 2. The summed E-state index contributed by atoms with van der Waals surface area (Å²) in [5.41, 5.74) is 6.35. The van der Waals surface area contributed by atoms with E-state index < -0.39 is 33.8 Å². The molecule has 2 amide bonds. The molecule has 1 aromatic carbocycles. The van der Waals surface area contributed by atoms with Gasteiger partial charge in [-0.15, -0.1) is 0 Å². The molecule has 0 bridgehead atoms. The van der Waals surface area contributed by atoms with Crippen molar-refractivity contribution in [1.29, 1.82) is 0 Å². The average Bonchev–Trinajstić information content (AvgIpc) is 2.77. The standard InChI is InChI=1S/C15H20N2O5S/c1-9-3-4-12(14(16)18)13(7-9)22-10(2)15(19)17-11-5-6-23(20,21)8-11/h3-4,7,10-11H,5-6,8H2,1-2H3,(H2,16,18)(H,17,19)/t10-,11-/m1/s1. The van der Waals surface area contributed by atoms with E-state index in [0.29, 0.717) is 6.42 Å². The zero-order chi connectivity index (χ0) is 17.2. The van der Waals surface area contributed by atoms with Gasteiger partial charge in [0, 0.05) is 6.04 Å². The number of nitrogens with two attached hydrogens (primary N) is 1. The summed E-state index contributed by atoms with van der Waals surface area (Å²) in [6, 6.07) is 4.50. The third kappa shape index (κ3) is 4.44. The topological polar surface area (TPSA) is 116 Å². The van der Waals surface area contributed by atoms with Gasteiger partial charge in [0.15, 0.2) is 15.9 Å². The number of rotatable bonds is 5. The second kappa shape index (κ2) is 6.57. The lowest BCUT2D eigenvalue weighted by molar-refractivity contribution is -0.127. The summed E-state index contributed by atoms with van der Waals surface area (Å²) in [6.07, 6.45) is -0.476. The van der Waals surface area contributed by atoms with Crippen LogP contribution in [0.5, 0.6) is 5.75 Å². The predicted molar refractivity (Wildman–Crippen MR) is 85.0 cm³/mol. The molecule has 126 valence electrons. The number of carbonyl (C=O) groups is 2. The predicted octanol–water partition coefficient (Wildman–Crippen LogP) is 0.165. The van der Waals surface area contributed by atoms with Crippen LogP contribution in [0, 0.1) is 6.92 Å². The Kier molecular flexibility index (Phi) is 4.93. The largest absolute Gasteiger partial charge is 0.480 e. The van der Waals surface area contributed by atoms with E-state index in [1.165, 1.54) is 6.92 Å². The Morgan fingerprint density at radius 3 is 2.65 bits per heavy atom. The molecule has 1 aliphatic heterocycles. The molecule has 0 radical (unpaired) electrons. The lowest BCUT2D eigenvalue weighted by Crippen LogP contribution is -2.43. The quantitative estimate of drug-likeness (QED) is 0.792. The van der Waals surface area contributed by atoms with Gasteiger partial charge in [-0.2, -0.15) is 0 Å². The van der Waals surface area contributed by atoms with Crippen molar-refractivity contribution < 1.29 is 22.7 Å². The second-order valence-electron chi connectivity index (χ2n) is 5.73. The van der Waals surface area contributed by atoms with Crippen molar-refractivity contribution >= 4 is 21.7 Å². The van der Waals surface area contributed by atoms with E-state index in [4.69, 9.17) is 10.5 Å². The van der Waals surface area contributed by atoms with E-state index in [2.05, 4.69) is 5.32 Å². The number of aryl methyl sites for hydroxylation is 1. The Bertz CT molecular complexity index is 729. The maximum Gasteiger partial charge on any atom is 0.261 e. The van der Waals surface area contributed by atoms with Crippen LogP contribution in [0.2, 0.25) is 0 Å². The van der Waals surface area contributed by atoms with Crippen molar-refractivity contribution in [1.82, 2.24) is 5.32 Å². The number of nitrogens with one attached hydrogen (secondary N) is 1. The fourth-order valence-electron chi connectivity index (χ4n) is 2.40. The van der Waals surface area contributed by atoms with Crippen LogP contribution in [-0.2, 0) is 14.6 Å². The first-order chi connectivity index (χ1) is 10.7. The van der Waals surface area contributed by atoms with Crippen molar-refractivity contribution in [3.05, 3.63) is 29.3 Å². The first kappa shape index (κ1) is 17.3. The SMILES string of the molecule is Cc1ccc(C(N)=O)c(O[C@H](C)C(=O)N[C@@H]2CCS(=O)(=O)C2)c1. The van der Waals surface area contributed by atoms with E-state index in [0.717, 1.165) is 5.56 Å². The molecule has 0 spiro atoms. The van der Waals surface area contributed by atoms with Crippen molar-refractivity contribution in [2.45, 2.75) is 32.4 Å². The highest BCUT2D eigenvalue weighted by Gasteiger charge is 2.30. The average molecular weight is 340 g/mol. The molecule has 0 aromatic heterocycles. The number of hydrogen-bond acceptors (Lipinski definition) is 5. The van der Waals surface area contributed by atoms with Crippen LogP contribution in [0.1, 0.15) is 29.3 Å². The summed E-state index contributed by atoms with van der Waals surface area (Å²) in [5.74, 6) is -0.808. The molecule has 1 aliphatic rings. The molecule has 1 heterocycles. The molecule has 8 heteroatoms. The van der Waals surface area contributed by atoms with Crippen LogP contribution in [0.25, 0.3) is 0 Å². The van der Waals surface area contributed by atoms with Gasteiger partial charge >= 0.3 is 0 Å². The number of carbonyl (C=O) groups excluding carboxylic acids is 2. The van der Waals surface area contributed by atoms with Crippen molar-refractivity contribution in [2.24, 2.45) is 5.73 Å². The fraction of sp³-hybridized carbons (Fsp3) is 0.467. The zero-order valence-electron chi connectivity index (χ0n) is 13.0. The van der Waals surface area contributed by atoms with E-state index in [9.17, 15) is 18.0 Å². The monoisotopic (exact) mass is 340 g/mol.